The van der Waals surface area contributed by atoms with E-state index in [1.54, 1.807) is 4.68 Å². The third kappa shape index (κ3) is 3.91. The highest BCUT2D eigenvalue weighted by atomic mass is 19.4. The summed E-state index contributed by atoms with van der Waals surface area (Å²) in [6.45, 7) is 3.74. The molecule has 0 spiro atoms. The molecule has 0 fully saturated rings. The number of aromatic nitrogens is 2. The van der Waals surface area contributed by atoms with E-state index in [1.807, 2.05) is 20.9 Å². The Bertz CT molecular complexity index is 720. The molecule has 1 aromatic heterocycles. The number of para-hydroxylation sites is 1. The molecule has 2 aromatic rings. The number of anilines is 1. The molecule has 0 aliphatic rings. The van der Waals surface area contributed by atoms with E-state index < -0.39 is 17.6 Å². The molecule has 0 aliphatic heterocycles. The minimum atomic E-state index is -4.50. The van der Waals surface area contributed by atoms with Crippen LogP contribution in [0.3, 0.4) is 0 Å². The molecule has 23 heavy (non-hydrogen) atoms. The highest BCUT2D eigenvalue weighted by molar-refractivity contribution is 5.91. The van der Waals surface area contributed by atoms with Gasteiger partial charge in [0.15, 0.2) is 0 Å². The minimum absolute atomic E-state index is 0.0968. The van der Waals surface area contributed by atoms with Gasteiger partial charge in [-0.25, -0.2) is 0 Å². The van der Waals surface area contributed by atoms with Crippen LogP contribution in [-0.2, 0) is 24.4 Å². The van der Waals surface area contributed by atoms with E-state index in [0.717, 1.165) is 23.0 Å². The summed E-state index contributed by atoms with van der Waals surface area (Å²) in [7, 11) is 1.81. The van der Waals surface area contributed by atoms with Crippen molar-refractivity contribution in [2.24, 2.45) is 7.05 Å². The lowest BCUT2D eigenvalue weighted by molar-refractivity contribution is -0.137. The molecule has 0 atom stereocenters. The lowest BCUT2D eigenvalue weighted by Gasteiger charge is -2.13. The maximum atomic E-state index is 12.9. The summed E-state index contributed by atoms with van der Waals surface area (Å²) in [5.41, 5.74) is 1.66. The van der Waals surface area contributed by atoms with Crippen molar-refractivity contribution in [3.63, 3.8) is 0 Å². The molecular formula is C16H18F3N3O. The Labute approximate surface area is 132 Å². The number of aryl methyl sites for hydroxylation is 2. The second-order valence-corrected chi connectivity index (χ2v) is 5.36. The van der Waals surface area contributed by atoms with Crippen LogP contribution < -0.4 is 5.32 Å². The standard InChI is InChI=1S/C16H18F3N3O/c1-10-12(11(2)22(3)21-10)8-9-15(23)20-14-7-5-4-6-13(14)16(17,18)19/h4-7H,8-9H2,1-3H3,(H,20,23). The minimum Gasteiger partial charge on any atom is -0.325 e. The number of halogens is 3. The first-order chi connectivity index (χ1) is 10.7. The Balaban J connectivity index is 2.06. The smallest absolute Gasteiger partial charge is 0.325 e. The number of nitrogens with one attached hydrogen (secondary N) is 1. The fraction of sp³-hybridized carbons (Fsp3) is 0.375. The molecule has 1 heterocycles. The van der Waals surface area contributed by atoms with Gasteiger partial charge in [-0.2, -0.15) is 18.3 Å². The summed E-state index contributed by atoms with van der Waals surface area (Å²) in [6.07, 6.45) is -3.97. The molecule has 0 radical (unpaired) electrons. The summed E-state index contributed by atoms with van der Waals surface area (Å²) in [6, 6.07) is 4.95. The SMILES string of the molecule is Cc1nn(C)c(C)c1CCC(=O)Nc1ccccc1C(F)(F)F. The van der Waals surface area contributed by atoms with Crippen LogP contribution in [0.25, 0.3) is 0 Å². The van der Waals surface area contributed by atoms with Crippen LogP contribution in [0.15, 0.2) is 24.3 Å². The van der Waals surface area contributed by atoms with Crippen LogP contribution in [0.2, 0.25) is 0 Å². The third-order valence-corrected chi connectivity index (χ3v) is 3.77. The number of nitrogens with zero attached hydrogens (tertiary/aromatic N) is 2. The van der Waals surface area contributed by atoms with Crippen molar-refractivity contribution in [1.82, 2.24) is 9.78 Å². The van der Waals surface area contributed by atoms with Crippen molar-refractivity contribution < 1.29 is 18.0 Å². The molecule has 124 valence electrons. The molecule has 0 saturated heterocycles. The molecule has 4 nitrogen and oxygen atoms in total. The first-order valence-corrected chi connectivity index (χ1v) is 7.15. The second-order valence-electron chi connectivity index (χ2n) is 5.36. The van der Waals surface area contributed by atoms with Gasteiger partial charge in [0, 0.05) is 19.2 Å². The lowest BCUT2D eigenvalue weighted by atomic mass is 10.1. The van der Waals surface area contributed by atoms with E-state index >= 15 is 0 Å². The fourth-order valence-electron chi connectivity index (χ4n) is 2.47. The summed E-state index contributed by atoms with van der Waals surface area (Å²) < 4.78 is 40.4. The van der Waals surface area contributed by atoms with E-state index in [-0.39, 0.29) is 12.1 Å². The van der Waals surface area contributed by atoms with Gasteiger partial charge in [0.05, 0.1) is 16.9 Å². The Kier molecular flexibility index (Phi) is 4.77. The molecule has 1 N–H and O–H groups in total. The van der Waals surface area contributed by atoms with Crippen molar-refractivity contribution in [3.8, 4) is 0 Å². The van der Waals surface area contributed by atoms with Crippen LogP contribution in [-0.4, -0.2) is 15.7 Å². The average Bonchev–Trinajstić information content (AvgIpc) is 2.69. The Morgan fingerprint density at radius 3 is 2.48 bits per heavy atom. The van der Waals surface area contributed by atoms with Crippen molar-refractivity contribution in [3.05, 3.63) is 46.8 Å². The number of alkyl halides is 3. The molecule has 0 bridgehead atoms. The Hall–Kier alpha value is -2.31. The van der Waals surface area contributed by atoms with Gasteiger partial charge in [-0.15, -0.1) is 0 Å². The summed E-state index contributed by atoms with van der Waals surface area (Å²) in [5, 5.41) is 6.60. The van der Waals surface area contributed by atoms with E-state index in [4.69, 9.17) is 0 Å². The largest absolute Gasteiger partial charge is 0.418 e. The highest BCUT2D eigenvalue weighted by Crippen LogP contribution is 2.34. The molecule has 0 saturated carbocycles. The number of hydrogen-bond donors (Lipinski definition) is 1. The number of benzene rings is 1. The van der Waals surface area contributed by atoms with Gasteiger partial charge in [-0.3, -0.25) is 9.48 Å². The number of amides is 1. The van der Waals surface area contributed by atoms with Crippen LogP contribution in [0, 0.1) is 13.8 Å². The summed E-state index contributed by atoms with van der Waals surface area (Å²) >= 11 is 0. The quantitative estimate of drug-likeness (QED) is 0.933. The molecule has 0 unspecified atom stereocenters. The zero-order valence-electron chi connectivity index (χ0n) is 13.2. The van der Waals surface area contributed by atoms with Gasteiger partial charge in [0.1, 0.15) is 0 Å². The topological polar surface area (TPSA) is 46.9 Å². The number of rotatable bonds is 4. The van der Waals surface area contributed by atoms with Crippen LogP contribution >= 0.6 is 0 Å². The average molecular weight is 325 g/mol. The van der Waals surface area contributed by atoms with Crippen molar-refractivity contribution >= 4 is 11.6 Å². The van der Waals surface area contributed by atoms with E-state index in [9.17, 15) is 18.0 Å². The van der Waals surface area contributed by atoms with Crippen LogP contribution in [0.5, 0.6) is 0 Å². The third-order valence-electron chi connectivity index (χ3n) is 3.77. The van der Waals surface area contributed by atoms with Gasteiger partial charge >= 0.3 is 6.18 Å². The van der Waals surface area contributed by atoms with Crippen molar-refractivity contribution in [2.75, 3.05) is 5.32 Å². The van der Waals surface area contributed by atoms with E-state index in [2.05, 4.69) is 10.4 Å². The van der Waals surface area contributed by atoms with Crippen LogP contribution in [0.1, 0.15) is 28.9 Å². The van der Waals surface area contributed by atoms with Gasteiger partial charge in [0.2, 0.25) is 5.91 Å². The fourth-order valence-corrected chi connectivity index (χ4v) is 2.47. The van der Waals surface area contributed by atoms with Crippen molar-refractivity contribution in [1.29, 1.82) is 0 Å². The Morgan fingerprint density at radius 2 is 1.91 bits per heavy atom. The van der Waals surface area contributed by atoms with Gasteiger partial charge in [-0.1, -0.05) is 12.1 Å². The molecule has 0 aliphatic carbocycles. The number of hydrogen-bond acceptors (Lipinski definition) is 2. The molecule has 7 heteroatoms. The van der Waals surface area contributed by atoms with Gasteiger partial charge in [-0.05, 0) is 38.0 Å². The number of carbonyl (C=O) groups excluding carboxylic acids is 1. The first kappa shape index (κ1) is 17.1. The predicted molar refractivity (Wildman–Crippen MR) is 81.1 cm³/mol. The summed E-state index contributed by atoms with van der Waals surface area (Å²) in [5.74, 6) is -0.454. The normalized spacial score (nSPS) is 11.6. The highest BCUT2D eigenvalue weighted by Gasteiger charge is 2.33. The molecule has 1 amide bonds. The predicted octanol–water partition coefficient (Wildman–Crippen LogP) is 3.63. The first-order valence-electron chi connectivity index (χ1n) is 7.15. The zero-order chi connectivity index (χ0) is 17.2. The van der Waals surface area contributed by atoms with Crippen molar-refractivity contribution in [2.45, 2.75) is 32.9 Å². The number of carbonyl (C=O) groups is 1. The molecule has 2 rings (SSSR count). The van der Waals surface area contributed by atoms with E-state index in [0.29, 0.717) is 6.42 Å². The van der Waals surface area contributed by atoms with E-state index in [1.165, 1.54) is 18.2 Å². The Morgan fingerprint density at radius 1 is 1.26 bits per heavy atom. The molecular weight excluding hydrogens is 307 g/mol. The van der Waals surface area contributed by atoms with Gasteiger partial charge in [0.25, 0.3) is 0 Å². The van der Waals surface area contributed by atoms with Gasteiger partial charge < -0.3 is 5.32 Å². The van der Waals surface area contributed by atoms with Crippen LogP contribution in [0.4, 0.5) is 18.9 Å². The second kappa shape index (κ2) is 6.44. The molecule has 1 aromatic carbocycles. The summed E-state index contributed by atoms with van der Waals surface area (Å²) in [4.78, 5) is 12.0. The monoisotopic (exact) mass is 325 g/mol. The maximum absolute atomic E-state index is 12.9. The maximum Gasteiger partial charge on any atom is 0.418 e. The zero-order valence-corrected chi connectivity index (χ0v) is 13.2. The lowest BCUT2D eigenvalue weighted by Crippen LogP contribution is -2.17.